The number of nitrogens with one attached hydrogen (secondary N) is 1. The van der Waals surface area contributed by atoms with Crippen LogP contribution in [-0.2, 0) is 10.0 Å². The lowest BCUT2D eigenvalue weighted by atomic mass is 10.2. The van der Waals surface area contributed by atoms with Gasteiger partial charge in [0.25, 0.3) is 0 Å². The van der Waals surface area contributed by atoms with Crippen molar-refractivity contribution in [1.82, 2.24) is 9.71 Å². The van der Waals surface area contributed by atoms with E-state index >= 15 is 0 Å². The Morgan fingerprint density at radius 2 is 2.24 bits per heavy atom. The molecule has 1 aliphatic rings. The second-order valence-electron chi connectivity index (χ2n) is 4.14. The lowest BCUT2D eigenvalue weighted by Gasteiger charge is -2.15. The van der Waals surface area contributed by atoms with Crippen LogP contribution in [0, 0.1) is 11.7 Å². The third kappa shape index (κ3) is 2.99. The molecule has 1 aliphatic carbocycles. The predicted molar refractivity (Wildman–Crippen MR) is 60.1 cm³/mol. The zero-order valence-electron chi connectivity index (χ0n) is 9.14. The third-order valence-electron chi connectivity index (χ3n) is 2.74. The fraction of sp³-hybridized carbons (Fsp3) is 0.500. The summed E-state index contributed by atoms with van der Waals surface area (Å²) < 4.78 is 39.2. The van der Waals surface area contributed by atoms with Crippen molar-refractivity contribution in [2.45, 2.75) is 23.8 Å². The molecule has 0 aromatic carbocycles. The Labute approximate surface area is 99.3 Å². The van der Waals surface area contributed by atoms with Crippen molar-refractivity contribution in [1.29, 1.82) is 0 Å². The summed E-state index contributed by atoms with van der Waals surface area (Å²) in [5.74, 6) is -0.375. The van der Waals surface area contributed by atoms with Gasteiger partial charge < -0.3 is 5.73 Å². The molecule has 0 amide bonds. The molecule has 5 nitrogen and oxygen atoms in total. The monoisotopic (exact) mass is 259 g/mol. The summed E-state index contributed by atoms with van der Waals surface area (Å²) in [5, 5.41) is 0. The first-order valence-corrected chi connectivity index (χ1v) is 6.84. The highest BCUT2D eigenvalue weighted by molar-refractivity contribution is 7.89. The van der Waals surface area contributed by atoms with Crippen molar-refractivity contribution >= 4 is 10.0 Å². The summed E-state index contributed by atoms with van der Waals surface area (Å²) in [6.07, 6.45) is 4.03. The van der Waals surface area contributed by atoms with Gasteiger partial charge >= 0.3 is 0 Å². The van der Waals surface area contributed by atoms with Crippen LogP contribution in [0.2, 0.25) is 0 Å². The van der Waals surface area contributed by atoms with E-state index in [0.29, 0.717) is 5.92 Å². The van der Waals surface area contributed by atoms with E-state index in [-0.39, 0.29) is 17.5 Å². The van der Waals surface area contributed by atoms with Crippen LogP contribution in [0.5, 0.6) is 0 Å². The summed E-state index contributed by atoms with van der Waals surface area (Å²) >= 11 is 0. The fourth-order valence-corrected chi connectivity index (χ4v) is 2.93. The van der Waals surface area contributed by atoms with Crippen LogP contribution in [0.3, 0.4) is 0 Å². The molecule has 7 heteroatoms. The maximum absolute atomic E-state index is 12.9. The molecule has 1 aromatic heterocycles. The molecule has 1 fully saturated rings. The van der Waals surface area contributed by atoms with Crippen molar-refractivity contribution in [3.63, 3.8) is 0 Å². The number of halogens is 1. The summed E-state index contributed by atoms with van der Waals surface area (Å²) in [5.41, 5.74) is 5.51. The molecule has 0 spiro atoms. The Morgan fingerprint density at radius 3 is 2.76 bits per heavy atom. The maximum Gasteiger partial charge on any atom is 0.242 e. The highest BCUT2D eigenvalue weighted by Crippen LogP contribution is 2.32. The van der Waals surface area contributed by atoms with E-state index in [0.717, 1.165) is 31.3 Å². The number of pyridine rings is 1. The van der Waals surface area contributed by atoms with Gasteiger partial charge in [0, 0.05) is 18.8 Å². The van der Waals surface area contributed by atoms with E-state index in [2.05, 4.69) is 9.71 Å². The van der Waals surface area contributed by atoms with E-state index in [4.69, 9.17) is 5.73 Å². The highest BCUT2D eigenvalue weighted by atomic mass is 32.2. The predicted octanol–water partition coefficient (Wildman–Crippen LogP) is 0.236. The van der Waals surface area contributed by atoms with Crippen molar-refractivity contribution in [2.75, 3.05) is 6.54 Å². The smallest absolute Gasteiger partial charge is 0.242 e. The van der Waals surface area contributed by atoms with Gasteiger partial charge in [-0.1, -0.05) is 0 Å². The average molecular weight is 259 g/mol. The molecule has 0 bridgehead atoms. The summed E-state index contributed by atoms with van der Waals surface area (Å²) in [4.78, 5) is 3.35. The van der Waals surface area contributed by atoms with Gasteiger partial charge in [0.05, 0.1) is 6.20 Å². The molecule has 3 N–H and O–H groups in total. The van der Waals surface area contributed by atoms with Crippen LogP contribution in [0.25, 0.3) is 0 Å². The summed E-state index contributed by atoms with van der Waals surface area (Å²) in [6.45, 7) is 0.243. The second-order valence-corrected chi connectivity index (χ2v) is 5.85. The molecule has 2 rings (SSSR count). The first-order valence-electron chi connectivity index (χ1n) is 5.36. The lowest BCUT2D eigenvalue weighted by molar-refractivity contribution is 0.517. The van der Waals surface area contributed by atoms with E-state index in [1.54, 1.807) is 0 Å². The largest absolute Gasteiger partial charge is 0.329 e. The molecule has 1 saturated carbocycles. The van der Waals surface area contributed by atoms with Crippen LogP contribution >= 0.6 is 0 Å². The van der Waals surface area contributed by atoms with Gasteiger partial charge in [0.15, 0.2) is 0 Å². The van der Waals surface area contributed by atoms with Gasteiger partial charge in [0.1, 0.15) is 10.7 Å². The molecule has 1 heterocycles. The Hall–Kier alpha value is -1.05. The van der Waals surface area contributed by atoms with E-state index in [1.807, 2.05) is 0 Å². The Morgan fingerprint density at radius 1 is 1.53 bits per heavy atom. The molecule has 0 saturated heterocycles. The molecule has 0 radical (unpaired) electrons. The summed E-state index contributed by atoms with van der Waals surface area (Å²) in [6, 6.07) is 0.666. The van der Waals surface area contributed by atoms with Gasteiger partial charge in [-0.25, -0.2) is 17.5 Å². The molecule has 1 unspecified atom stereocenters. The van der Waals surface area contributed by atoms with E-state index in [9.17, 15) is 12.8 Å². The first kappa shape index (κ1) is 12.4. The summed E-state index contributed by atoms with van der Waals surface area (Å²) in [7, 11) is -3.73. The minimum Gasteiger partial charge on any atom is -0.329 e. The van der Waals surface area contributed by atoms with Crippen LogP contribution < -0.4 is 10.5 Å². The molecular weight excluding hydrogens is 245 g/mol. The van der Waals surface area contributed by atoms with Crippen molar-refractivity contribution in [3.8, 4) is 0 Å². The molecule has 17 heavy (non-hydrogen) atoms. The van der Waals surface area contributed by atoms with Crippen molar-refractivity contribution in [2.24, 2.45) is 11.7 Å². The Balaban J connectivity index is 2.18. The van der Waals surface area contributed by atoms with E-state index in [1.165, 1.54) is 0 Å². The minimum absolute atomic E-state index is 0.170. The van der Waals surface area contributed by atoms with Gasteiger partial charge in [0.2, 0.25) is 10.0 Å². The number of nitrogens with two attached hydrogens (primary N) is 1. The number of aromatic nitrogens is 1. The van der Waals surface area contributed by atoms with Crippen LogP contribution in [0.1, 0.15) is 12.8 Å². The number of hydrogen-bond donors (Lipinski definition) is 2. The number of nitrogens with zero attached hydrogens (tertiary/aromatic N) is 1. The third-order valence-corrected chi connectivity index (χ3v) is 4.20. The maximum atomic E-state index is 12.9. The first-order chi connectivity index (χ1) is 8.03. The highest BCUT2D eigenvalue weighted by Gasteiger charge is 2.33. The molecule has 94 valence electrons. The van der Waals surface area contributed by atoms with Crippen molar-refractivity contribution in [3.05, 3.63) is 24.3 Å². The molecule has 1 aromatic rings. The van der Waals surface area contributed by atoms with E-state index < -0.39 is 15.8 Å². The normalized spacial score (nSPS) is 18.0. The average Bonchev–Trinajstić information content (AvgIpc) is 3.10. The van der Waals surface area contributed by atoms with Gasteiger partial charge in [-0.05, 0) is 24.8 Å². The topological polar surface area (TPSA) is 85.1 Å². The standard InChI is InChI=1S/C10H14FN3O2S/c11-8-3-9(6-13-5-8)17(15,16)14-10(4-12)7-1-2-7/h3,5-7,10,14H,1-2,4,12H2. The van der Waals surface area contributed by atoms with Gasteiger partial charge in [-0.3, -0.25) is 4.98 Å². The SMILES string of the molecule is NCC(NS(=O)(=O)c1cncc(F)c1)C1CC1. The van der Waals surface area contributed by atoms with Crippen LogP contribution in [0.4, 0.5) is 4.39 Å². The molecular formula is C10H14FN3O2S. The zero-order chi connectivity index (χ0) is 12.5. The minimum atomic E-state index is -3.73. The quantitative estimate of drug-likeness (QED) is 0.793. The molecule has 1 atom stereocenters. The lowest BCUT2D eigenvalue weighted by Crippen LogP contribution is -2.41. The van der Waals surface area contributed by atoms with Crippen molar-refractivity contribution < 1.29 is 12.8 Å². The van der Waals surface area contributed by atoms with Crippen LogP contribution in [-0.4, -0.2) is 26.0 Å². The number of sulfonamides is 1. The Bertz CT molecular complexity index is 502. The zero-order valence-corrected chi connectivity index (χ0v) is 9.95. The van der Waals surface area contributed by atoms with Crippen LogP contribution in [0.15, 0.2) is 23.4 Å². The van der Waals surface area contributed by atoms with Gasteiger partial charge in [-0.15, -0.1) is 0 Å². The number of rotatable bonds is 5. The Kier molecular flexibility index (Phi) is 3.41. The van der Waals surface area contributed by atoms with Gasteiger partial charge in [-0.2, -0.15) is 0 Å². The second kappa shape index (κ2) is 4.67. The molecule has 0 aliphatic heterocycles. The number of hydrogen-bond acceptors (Lipinski definition) is 4. The fourth-order valence-electron chi connectivity index (χ4n) is 1.64.